The van der Waals surface area contributed by atoms with Crippen LogP contribution in [0.25, 0.3) is 0 Å². The van der Waals surface area contributed by atoms with Crippen molar-refractivity contribution in [3.05, 3.63) is 87.0 Å². The number of carbonyl (C=O) groups is 9. The van der Waals surface area contributed by atoms with Crippen molar-refractivity contribution < 1.29 is 88.0 Å². The molecule has 414 valence electrons. The fourth-order valence-electron chi connectivity index (χ4n) is 10.6. The summed E-state index contributed by atoms with van der Waals surface area (Å²) < 4.78 is 17.6. The van der Waals surface area contributed by atoms with Crippen LogP contribution in [0.3, 0.4) is 0 Å². The summed E-state index contributed by atoms with van der Waals surface area (Å²) in [7, 11) is 2.76. The van der Waals surface area contributed by atoms with Crippen LogP contribution in [0.15, 0.2) is 42.5 Å². The van der Waals surface area contributed by atoms with E-state index in [4.69, 9.17) is 19.3 Å². The number of nitrogens with one attached hydrogen (secondary N) is 3. The minimum atomic E-state index is -2.43. The van der Waals surface area contributed by atoms with Crippen LogP contribution in [-0.4, -0.2) is 175 Å². The van der Waals surface area contributed by atoms with Crippen molar-refractivity contribution in [1.29, 1.82) is 0 Å². The fourth-order valence-corrected chi connectivity index (χ4v) is 10.6. The van der Waals surface area contributed by atoms with Gasteiger partial charge in [-0.3, -0.25) is 43.2 Å². The predicted molar refractivity (Wildman–Crippen MR) is 269 cm³/mol. The number of benzene rings is 3. The van der Waals surface area contributed by atoms with Crippen LogP contribution < -0.4 is 20.7 Å². The average molecular weight is 1070 g/mol. The maximum atomic E-state index is 14.1. The Hall–Kier alpha value is -7.31. The monoisotopic (exact) mass is 1070 g/mol. The Kier molecular flexibility index (Phi) is 17.5. The van der Waals surface area contributed by atoms with Gasteiger partial charge in [0.25, 0.3) is 0 Å². The Morgan fingerprint density at radius 2 is 1.58 bits per heavy atom. The number of phenols is 2. The number of amides is 5. The first-order chi connectivity index (χ1) is 36.4. The van der Waals surface area contributed by atoms with Crippen molar-refractivity contribution in [2.24, 2.45) is 5.92 Å². The van der Waals surface area contributed by atoms with Crippen LogP contribution in [0.2, 0.25) is 0 Å². The van der Waals surface area contributed by atoms with Crippen molar-refractivity contribution in [1.82, 2.24) is 25.8 Å². The van der Waals surface area contributed by atoms with Gasteiger partial charge in [0.05, 0.1) is 61.4 Å². The second kappa shape index (κ2) is 23.5. The number of likely N-dealkylation sites (N-methyl/N-ethyl adjacent to an activating group) is 1. The first-order valence-electron chi connectivity index (χ1n) is 25.3. The lowest BCUT2D eigenvalue weighted by Crippen LogP contribution is -2.59. The Morgan fingerprint density at radius 3 is 2.22 bits per heavy atom. The van der Waals surface area contributed by atoms with Gasteiger partial charge in [0.1, 0.15) is 53.7 Å². The van der Waals surface area contributed by atoms with Gasteiger partial charge < -0.3 is 70.6 Å². The molecule has 0 saturated carbocycles. The third-order valence-corrected chi connectivity index (χ3v) is 14.7. The van der Waals surface area contributed by atoms with Crippen LogP contribution in [0, 0.1) is 5.92 Å². The van der Waals surface area contributed by atoms with Crippen molar-refractivity contribution in [2.75, 3.05) is 33.9 Å². The van der Waals surface area contributed by atoms with Gasteiger partial charge in [0, 0.05) is 49.5 Å². The van der Waals surface area contributed by atoms with E-state index < -0.39 is 150 Å². The Labute approximate surface area is 442 Å². The quantitative estimate of drug-likeness (QED) is 0.0578. The van der Waals surface area contributed by atoms with Gasteiger partial charge in [0.2, 0.25) is 35.3 Å². The van der Waals surface area contributed by atoms with Gasteiger partial charge in [-0.25, -0.2) is 0 Å². The number of aromatic hydroxyl groups is 2. The molecule has 0 unspecified atom stereocenters. The number of ether oxygens (including phenoxy) is 3. The number of carboxylic acids is 1. The van der Waals surface area contributed by atoms with E-state index in [2.05, 4.69) is 16.0 Å². The summed E-state index contributed by atoms with van der Waals surface area (Å²) in [6.45, 7) is 5.09. The maximum absolute atomic E-state index is 14.1. The molecule has 7 rings (SSSR count). The van der Waals surface area contributed by atoms with E-state index in [1.807, 2.05) is 13.8 Å². The third-order valence-electron chi connectivity index (χ3n) is 14.7. The second-order valence-electron chi connectivity index (χ2n) is 20.5. The van der Waals surface area contributed by atoms with Crippen LogP contribution in [0.5, 0.6) is 17.2 Å². The number of nitrogens with zero attached hydrogens (tertiary/aromatic N) is 2. The molecule has 2 aliphatic carbocycles. The Morgan fingerprint density at radius 1 is 0.922 bits per heavy atom. The highest BCUT2D eigenvalue weighted by Crippen LogP contribution is 2.52. The minimum absolute atomic E-state index is 0.0193. The molecule has 2 saturated heterocycles. The zero-order valence-electron chi connectivity index (χ0n) is 43.5. The molecule has 2 fully saturated rings. The molecule has 3 aromatic carbocycles. The minimum Gasteiger partial charge on any atom is -0.507 e. The molecule has 77 heavy (non-hydrogen) atoms. The molecule has 3 aromatic rings. The molecule has 23 heteroatoms. The van der Waals surface area contributed by atoms with Gasteiger partial charge in [-0.15, -0.1) is 0 Å². The summed E-state index contributed by atoms with van der Waals surface area (Å²) in [5.74, 6) is -8.39. The van der Waals surface area contributed by atoms with E-state index in [9.17, 15) is 68.7 Å². The smallest absolute Gasteiger partial charge is 0.307 e. The molecule has 5 amide bonds. The number of fused-ring (bicyclic) bond motifs is 3. The number of rotatable bonds is 19. The van der Waals surface area contributed by atoms with E-state index in [0.717, 1.165) is 0 Å². The third kappa shape index (κ3) is 12.0. The number of methoxy groups -OCH3 is 1. The predicted octanol–water partition coefficient (Wildman–Crippen LogP) is 0.514. The summed E-state index contributed by atoms with van der Waals surface area (Å²) in [5, 5.41) is 73.5. The Bertz CT molecular complexity index is 2850. The van der Waals surface area contributed by atoms with Crippen molar-refractivity contribution in [3.8, 4) is 17.2 Å². The molecule has 0 spiro atoms. The van der Waals surface area contributed by atoms with E-state index in [-0.39, 0.29) is 78.5 Å². The van der Waals surface area contributed by atoms with Crippen LogP contribution in [0.1, 0.15) is 120 Å². The number of hydrogen-bond acceptors (Lipinski definition) is 17. The fraction of sp³-hybridized carbons (Fsp3) is 0.500. The highest BCUT2D eigenvalue weighted by atomic mass is 16.7. The van der Waals surface area contributed by atoms with Crippen LogP contribution in [-0.2, 0) is 62.3 Å². The van der Waals surface area contributed by atoms with Gasteiger partial charge in [-0.2, -0.15) is 0 Å². The lowest BCUT2D eigenvalue weighted by Gasteiger charge is -2.43. The largest absolute Gasteiger partial charge is 0.507 e. The van der Waals surface area contributed by atoms with Gasteiger partial charge >= 0.3 is 5.97 Å². The van der Waals surface area contributed by atoms with Crippen LogP contribution in [0.4, 0.5) is 0 Å². The SMILES string of the molecule is COc1cccc2c1C(=O)c1c(O)c3c(c(O)c1C2=O)C[C@@](O)(C(=O)CO)C[C@@H]3O[C@H]1C[C@H](NC(=O)[C@@H]2CCCN2C(=O)CNC(=O)[C@H](C)NC(=O)[C@@H](CC(C)C)N(C)C(=O)Cc2ccc(CC(=O)O)cc2)[C@@H](O)[C@H](C)O1. The van der Waals surface area contributed by atoms with Crippen LogP contribution >= 0.6 is 0 Å². The standard InChI is InChI=1S/C54H65N5O18/c1-25(2)17-34(58(5)38(62)18-28-12-14-29(15-13-28)19-40(64)65)53(73)56-26(3)51(71)55-23-39(63)59-16-8-10-33(59)52(72)57-32-20-41(76-27(4)46(32)66)77-36-22-54(74,37(61)24-60)21-31-43(36)50(70)45-44(48(31)68)47(67)30-9-7-11-35(75-6)42(30)49(45)69/h7,9,11-15,25-27,32-34,36,41,46,60,66,68,70,74H,8,10,16-24H2,1-6H3,(H,55,71)(H,56,73)(H,57,72)(H,64,65)/t26-,27-,32-,33-,34+,36-,41-,46-,54-/m0/s1. The lowest BCUT2D eigenvalue weighted by molar-refractivity contribution is -0.249. The summed E-state index contributed by atoms with van der Waals surface area (Å²) in [5.41, 5.74) is -3.27. The van der Waals surface area contributed by atoms with Gasteiger partial charge in [-0.1, -0.05) is 50.2 Å². The number of carboxylic acid groups (broad SMARTS) is 1. The van der Waals surface area contributed by atoms with Crippen molar-refractivity contribution in [3.63, 3.8) is 0 Å². The lowest BCUT2D eigenvalue weighted by atomic mass is 9.72. The van der Waals surface area contributed by atoms with Gasteiger partial charge in [0.15, 0.2) is 17.9 Å². The summed E-state index contributed by atoms with van der Waals surface area (Å²) >= 11 is 0. The first-order valence-corrected chi connectivity index (χ1v) is 25.3. The molecule has 0 aromatic heterocycles. The number of likely N-dealkylation sites (tertiary alicyclic amines) is 1. The molecule has 2 aliphatic heterocycles. The number of aliphatic carboxylic acids is 1. The number of aliphatic hydroxyl groups is 3. The van der Waals surface area contributed by atoms with Gasteiger partial charge in [-0.05, 0) is 56.2 Å². The normalized spacial score (nSPS) is 23.4. The van der Waals surface area contributed by atoms with E-state index in [0.29, 0.717) is 17.5 Å². The molecule has 23 nitrogen and oxygen atoms in total. The number of hydrogen-bond donors (Lipinski definition) is 9. The van der Waals surface area contributed by atoms with E-state index in [1.54, 1.807) is 24.3 Å². The summed E-state index contributed by atoms with van der Waals surface area (Å²) in [6, 6.07) is 6.48. The van der Waals surface area contributed by atoms with E-state index >= 15 is 0 Å². The van der Waals surface area contributed by atoms with Crippen molar-refractivity contribution >= 4 is 52.9 Å². The highest BCUT2D eigenvalue weighted by Gasteiger charge is 2.51. The second-order valence-corrected chi connectivity index (χ2v) is 20.5. The molecule has 4 aliphatic rings. The Balaban J connectivity index is 0.994. The summed E-state index contributed by atoms with van der Waals surface area (Å²) in [4.78, 5) is 123. The molecular formula is C54H65N5O18. The summed E-state index contributed by atoms with van der Waals surface area (Å²) in [6.07, 6.45) is -6.33. The zero-order chi connectivity index (χ0) is 56.4. The topological polar surface area (TPSA) is 345 Å². The highest BCUT2D eigenvalue weighted by molar-refractivity contribution is 6.31. The molecule has 0 radical (unpaired) electrons. The molecule has 2 heterocycles. The average Bonchev–Trinajstić information content (AvgIpc) is 3.95. The number of carbonyl (C=O) groups excluding carboxylic acids is 8. The molecular weight excluding hydrogens is 1010 g/mol. The number of aliphatic hydroxyl groups excluding tert-OH is 2. The molecule has 9 N–H and O–H groups in total. The first kappa shape index (κ1) is 57.4. The zero-order valence-corrected chi connectivity index (χ0v) is 43.5. The van der Waals surface area contributed by atoms with Crippen molar-refractivity contribution in [2.45, 2.75) is 133 Å². The van der Waals surface area contributed by atoms with E-state index in [1.165, 1.54) is 56.0 Å². The maximum Gasteiger partial charge on any atom is 0.307 e. The number of Topliss-reactive ketones (excluding diaryl/α,β-unsaturated/α-hetero) is 1. The molecule has 0 bridgehead atoms. The molecule has 9 atom stereocenters. The number of ketones is 3. The number of phenolic OH excluding ortho intramolecular Hbond substituents is 2.